The Bertz CT molecular complexity index is 511. The zero-order chi connectivity index (χ0) is 11.5. The first kappa shape index (κ1) is 11.1. The monoisotopic (exact) mass is 277 g/mol. The molecule has 0 spiro atoms. The molecule has 0 radical (unpaired) electrons. The predicted octanol–water partition coefficient (Wildman–Crippen LogP) is 3.60. The summed E-state index contributed by atoms with van der Waals surface area (Å²) in [5.41, 5.74) is 3.57. The molecule has 3 nitrogen and oxygen atoms in total. The zero-order valence-corrected chi connectivity index (χ0v) is 10.7. The molecular formula is C12H12BrN3. The normalized spacial score (nSPS) is 10.2. The molecule has 0 aliphatic carbocycles. The summed E-state index contributed by atoms with van der Waals surface area (Å²) in [6.45, 7) is 4.19. The maximum atomic E-state index is 4.16. The SMILES string of the molecule is Cc1ccc(Nc2ncncc2Br)cc1C. The van der Waals surface area contributed by atoms with E-state index in [1.807, 2.05) is 6.07 Å². The van der Waals surface area contributed by atoms with Crippen molar-refractivity contribution in [1.29, 1.82) is 0 Å². The van der Waals surface area contributed by atoms with Gasteiger partial charge >= 0.3 is 0 Å². The molecule has 1 N–H and O–H groups in total. The summed E-state index contributed by atoms with van der Waals surface area (Å²) >= 11 is 3.40. The number of nitrogens with zero attached hydrogens (tertiary/aromatic N) is 2. The summed E-state index contributed by atoms with van der Waals surface area (Å²) in [5.74, 6) is 0.776. The highest BCUT2D eigenvalue weighted by atomic mass is 79.9. The Kier molecular flexibility index (Phi) is 3.19. The lowest BCUT2D eigenvalue weighted by molar-refractivity contribution is 1.15. The molecular weight excluding hydrogens is 266 g/mol. The van der Waals surface area contributed by atoms with Gasteiger partial charge in [-0.15, -0.1) is 0 Å². The Morgan fingerprint density at radius 1 is 1.19 bits per heavy atom. The molecule has 82 valence electrons. The minimum Gasteiger partial charge on any atom is -0.339 e. The molecule has 0 saturated carbocycles. The van der Waals surface area contributed by atoms with Gasteiger partial charge in [0, 0.05) is 11.9 Å². The molecule has 4 heteroatoms. The van der Waals surface area contributed by atoms with Crippen LogP contribution in [-0.2, 0) is 0 Å². The molecule has 1 heterocycles. The fourth-order valence-electron chi connectivity index (χ4n) is 1.36. The van der Waals surface area contributed by atoms with Crippen molar-refractivity contribution < 1.29 is 0 Å². The molecule has 0 saturated heterocycles. The third-order valence-electron chi connectivity index (χ3n) is 2.44. The lowest BCUT2D eigenvalue weighted by Crippen LogP contribution is -1.96. The number of hydrogen-bond acceptors (Lipinski definition) is 3. The van der Waals surface area contributed by atoms with Crippen LogP contribution in [0.15, 0.2) is 35.2 Å². The maximum Gasteiger partial charge on any atom is 0.148 e. The minimum absolute atomic E-state index is 0.776. The van der Waals surface area contributed by atoms with Crippen LogP contribution in [-0.4, -0.2) is 9.97 Å². The van der Waals surface area contributed by atoms with Crippen molar-refractivity contribution in [3.63, 3.8) is 0 Å². The van der Waals surface area contributed by atoms with E-state index in [1.54, 1.807) is 6.20 Å². The van der Waals surface area contributed by atoms with Crippen LogP contribution in [0.1, 0.15) is 11.1 Å². The Morgan fingerprint density at radius 3 is 2.69 bits per heavy atom. The van der Waals surface area contributed by atoms with Gasteiger partial charge in [-0.05, 0) is 53.0 Å². The number of nitrogens with one attached hydrogen (secondary N) is 1. The number of benzene rings is 1. The molecule has 0 aliphatic rings. The Hall–Kier alpha value is -1.42. The van der Waals surface area contributed by atoms with Crippen molar-refractivity contribution in [3.05, 3.63) is 46.3 Å². The van der Waals surface area contributed by atoms with Crippen LogP contribution in [0.5, 0.6) is 0 Å². The minimum atomic E-state index is 0.776. The lowest BCUT2D eigenvalue weighted by atomic mass is 10.1. The van der Waals surface area contributed by atoms with Gasteiger partial charge in [0.2, 0.25) is 0 Å². The van der Waals surface area contributed by atoms with Gasteiger partial charge < -0.3 is 5.32 Å². The second-order valence-electron chi connectivity index (χ2n) is 3.64. The van der Waals surface area contributed by atoms with E-state index in [2.05, 4.69) is 57.2 Å². The van der Waals surface area contributed by atoms with Crippen molar-refractivity contribution in [2.75, 3.05) is 5.32 Å². The molecule has 2 rings (SSSR count). The number of aromatic nitrogens is 2. The summed E-state index contributed by atoms with van der Waals surface area (Å²) in [6.07, 6.45) is 3.24. The summed E-state index contributed by atoms with van der Waals surface area (Å²) in [6, 6.07) is 6.23. The van der Waals surface area contributed by atoms with Crippen LogP contribution in [0.3, 0.4) is 0 Å². The van der Waals surface area contributed by atoms with Crippen molar-refractivity contribution in [3.8, 4) is 0 Å². The zero-order valence-electron chi connectivity index (χ0n) is 9.16. The topological polar surface area (TPSA) is 37.8 Å². The van der Waals surface area contributed by atoms with E-state index in [4.69, 9.17) is 0 Å². The molecule has 1 aromatic carbocycles. The fraction of sp³-hybridized carbons (Fsp3) is 0.167. The Morgan fingerprint density at radius 2 is 2.00 bits per heavy atom. The smallest absolute Gasteiger partial charge is 0.148 e. The Labute approximate surface area is 103 Å². The fourth-order valence-corrected chi connectivity index (χ4v) is 1.68. The van der Waals surface area contributed by atoms with E-state index in [1.165, 1.54) is 17.5 Å². The average molecular weight is 278 g/mol. The van der Waals surface area contributed by atoms with E-state index in [9.17, 15) is 0 Å². The molecule has 16 heavy (non-hydrogen) atoms. The van der Waals surface area contributed by atoms with E-state index >= 15 is 0 Å². The summed E-state index contributed by atoms with van der Waals surface area (Å²) in [4.78, 5) is 8.08. The molecule has 1 aromatic heterocycles. The first-order valence-electron chi connectivity index (χ1n) is 4.96. The maximum absolute atomic E-state index is 4.16. The van der Waals surface area contributed by atoms with Gasteiger partial charge in [-0.1, -0.05) is 6.07 Å². The molecule has 0 aliphatic heterocycles. The number of anilines is 2. The Balaban J connectivity index is 2.28. The van der Waals surface area contributed by atoms with Crippen LogP contribution >= 0.6 is 15.9 Å². The summed E-state index contributed by atoms with van der Waals surface area (Å²) < 4.78 is 0.855. The van der Waals surface area contributed by atoms with Crippen molar-refractivity contribution in [1.82, 2.24) is 9.97 Å². The van der Waals surface area contributed by atoms with Crippen molar-refractivity contribution >= 4 is 27.4 Å². The average Bonchev–Trinajstić information content (AvgIpc) is 2.27. The highest BCUT2D eigenvalue weighted by molar-refractivity contribution is 9.10. The second-order valence-corrected chi connectivity index (χ2v) is 4.50. The van der Waals surface area contributed by atoms with Gasteiger partial charge in [-0.25, -0.2) is 9.97 Å². The van der Waals surface area contributed by atoms with Crippen LogP contribution in [0.4, 0.5) is 11.5 Å². The van der Waals surface area contributed by atoms with Gasteiger partial charge in [0.1, 0.15) is 12.1 Å². The predicted molar refractivity (Wildman–Crippen MR) is 68.9 cm³/mol. The first-order chi connectivity index (χ1) is 7.66. The van der Waals surface area contributed by atoms with E-state index < -0.39 is 0 Å². The molecule has 2 aromatic rings. The lowest BCUT2D eigenvalue weighted by Gasteiger charge is -2.08. The third-order valence-corrected chi connectivity index (χ3v) is 3.02. The van der Waals surface area contributed by atoms with Gasteiger partial charge in [-0.3, -0.25) is 0 Å². The second kappa shape index (κ2) is 4.61. The third kappa shape index (κ3) is 2.39. The van der Waals surface area contributed by atoms with Crippen molar-refractivity contribution in [2.45, 2.75) is 13.8 Å². The number of hydrogen-bond donors (Lipinski definition) is 1. The largest absolute Gasteiger partial charge is 0.339 e. The molecule has 0 unspecified atom stereocenters. The van der Waals surface area contributed by atoms with Crippen LogP contribution in [0, 0.1) is 13.8 Å². The quantitative estimate of drug-likeness (QED) is 0.912. The van der Waals surface area contributed by atoms with Crippen LogP contribution in [0.25, 0.3) is 0 Å². The van der Waals surface area contributed by atoms with Gasteiger partial charge in [0.25, 0.3) is 0 Å². The molecule has 0 bridgehead atoms. The highest BCUT2D eigenvalue weighted by Crippen LogP contribution is 2.23. The number of aryl methyl sites for hydroxylation is 2. The van der Waals surface area contributed by atoms with Gasteiger partial charge in [0.05, 0.1) is 4.47 Å². The van der Waals surface area contributed by atoms with E-state index in [-0.39, 0.29) is 0 Å². The number of rotatable bonds is 2. The van der Waals surface area contributed by atoms with Crippen LogP contribution in [0.2, 0.25) is 0 Å². The van der Waals surface area contributed by atoms with Gasteiger partial charge in [-0.2, -0.15) is 0 Å². The molecule has 0 fully saturated rings. The highest BCUT2D eigenvalue weighted by Gasteiger charge is 2.02. The molecule has 0 atom stereocenters. The standard InChI is InChI=1S/C12H12BrN3/c1-8-3-4-10(5-9(8)2)16-12-11(13)6-14-7-15-12/h3-7H,1-2H3,(H,14,15,16). The van der Waals surface area contributed by atoms with E-state index in [0.717, 1.165) is 16.0 Å². The summed E-state index contributed by atoms with van der Waals surface area (Å²) in [7, 11) is 0. The number of halogens is 1. The van der Waals surface area contributed by atoms with E-state index in [0.29, 0.717) is 0 Å². The molecule has 0 amide bonds. The summed E-state index contributed by atoms with van der Waals surface area (Å²) in [5, 5.41) is 3.24. The van der Waals surface area contributed by atoms with Crippen LogP contribution < -0.4 is 5.32 Å². The first-order valence-corrected chi connectivity index (χ1v) is 5.76. The van der Waals surface area contributed by atoms with Crippen molar-refractivity contribution in [2.24, 2.45) is 0 Å². The van der Waals surface area contributed by atoms with Gasteiger partial charge in [0.15, 0.2) is 0 Å².